The molecule has 3 heterocycles. The third-order valence-electron chi connectivity index (χ3n) is 5.25. The zero-order valence-electron chi connectivity index (χ0n) is 14.4. The van der Waals surface area contributed by atoms with E-state index in [9.17, 15) is 0 Å². The molecule has 2 aromatic rings. The number of H-pyrrole nitrogens is 1. The van der Waals surface area contributed by atoms with Crippen LogP contribution in [0, 0.1) is 0 Å². The molecule has 2 aliphatic heterocycles. The van der Waals surface area contributed by atoms with Gasteiger partial charge in [0, 0.05) is 19.6 Å². The first-order valence-corrected chi connectivity index (χ1v) is 9.01. The highest BCUT2D eigenvalue weighted by molar-refractivity contribution is 5.29. The lowest BCUT2D eigenvalue weighted by Gasteiger charge is -2.43. The molecule has 0 radical (unpaired) electrons. The molecule has 1 aromatic carbocycles. The molecule has 0 saturated carbocycles. The van der Waals surface area contributed by atoms with E-state index in [2.05, 4.69) is 27.2 Å². The molecule has 0 amide bonds. The van der Waals surface area contributed by atoms with Crippen LogP contribution in [-0.2, 0) is 23.3 Å². The van der Waals surface area contributed by atoms with E-state index in [1.165, 1.54) is 16.8 Å². The summed E-state index contributed by atoms with van der Waals surface area (Å²) in [5, 5.41) is 16.3. The van der Waals surface area contributed by atoms with Crippen LogP contribution in [0.25, 0.3) is 0 Å². The number of benzene rings is 1. The highest BCUT2D eigenvalue weighted by Gasteiger charge is 2.42. The fourth-order valence-electron chi connectivity index (χ4n) is 3.95. The van der Waals surface area contributed by atoms with Gasteiger partial charge in [-0.3, -0.25) is 10.00 Å². The minimum absolute atomic E-state index is 0.0357. The van der Waals surface area contributed by atoms with Crippen molar-refractivity contribution in [2.24, 2.45) is 0 Å². The van der Waals surface area contributed by atoms with E-state index >= 15 is 0 Å². The second kappa shape index (κ2) is 7.15. The van der Waals surface area contributed by atoms with Crippen molar-refractivity contribution >= 4 is 0 Å². The Hall–Kier alpha value is -1.89. The molecule has 6 nitrogen and oxygen atoms in total. The van der Waals surface area contributed by atoms with Crippen molar-refractivity contribution in [2.45, 2.75) is 31.4 Å². The number of rotatable bonds is 5. The van der Waals surface area contributed by atoms with E-state index in [0.717, 1.165) is 51.3 Å². The molecule has 6 heteroatoms. The normalized spacial score (nSPS) is 19.7. The zero-order valence-corrected chi connectivity index (χ0v) is 14.4. The molecule has 0 atom stereocenters. The predicted octanol–water partition coefficient (Wildman–Crippen LogP) is 1.84. The summed E-state index contributed by atoms with van der Waals surface area (Å²) < 4.78 is 11.7. The van der Waals surface area contributed by atoms with Crippen molar-refractivity contribution in [3.05, 3.63) is 47.3 Å². The fourth-order valence-corrected chi connectivity index (χ4v) is 3.95. The topological polar surface area (TPSA) is 70.6 Å². The molecule has 1 fully saturated rings. The van der Waals surface area contributed by atoms with E-state index in [0.29, 0.717) is 6.61 Å². The van der Waals surface area contributed by atoms with Crippen molar-refractivity contribution in [3.8, 4) is 5.75 Å². The minimum Gasteiger partial charge on any atom is -0.491 e. The molecule has 1 aromatic heterocycles. The molecule has 4 rings (SSSR count). The van der Waals surface area contributed by atoms with Gasteiger partial charge in [-0.25, -0.2) is 0 Å². The first kappa shape index (κ1) is 16.6. The summed E-state index contributed by atoms with van der Waals surface area (Å²) in [6.45, 7) is 4.06. The van der Waals surface area contributed by atoms with Crippen LogP contribution in [0.1, 0.15) is 29.7 Å². The number of nitrogens with zero attached hydrogens (tertiary/aromatic N) is 2. The number of aromatic amines is 1. The molecule has 0 unspecified atom stereocenters. The van der Waals surface area contributed by atoms with Crippen molar-refractivity contribution in [1.29, 1.82) is 0 Å². The lowest BCUT2D eigenvalue weighted by atomic mass is 9.83. The van der Waals surface area contributed by atoms with Crippen molar-refractivity contribution in [3.63, 3.8) is 0 Å². The van der Waals surface area contributed by atoms with Gasteiger partial charge in [-0.2, -0.15) is 5.10 Å². The molecule has 2 N–H and O–H groups in total. The van der Waals surface area contributed by atoms with Gasteiger partial charge in [-0.15, -0.1) is 0 Å². The lowest BCUT2D eigenvalue weighted by molar-refractivity contribution is -0.102. The number of nitrogens with one attached hydrogen (secondary N) is 1. The number of aliphatic hydroxyl groups excluding tert-OH is 1. The Labute approximate surface area is 147 Å². The fraction of sp³-hybridized carbons (Fsp3) is 0.526. The van der Waals surface area contributed by atoms with Crippen LogP contribution in [0.2, 0.25) is 0 Å². The summed E-state index contributed by atoms with van der Waals surface area (Å²) in [6, 6.07) is 8.12. The summed E-state index contributed by atoms with van der Waals surface area (Å²) >= 11 is 0. The van der Waals surface area contributed by atoms with Gasteiger partial charge in [-0.05, 0) is 42.5 Å². The van der Waals surface area contributed by atoms with Crippen molar-refractivity contribution < 1.29 is 14.6 Å². The van der Waals surface area contributed by atoms with E-state index in [-0.39, 0.29) is 12.2 Å². The molecular formula is C19H25N3O3. The molecule has 1 spiro atoms. The smallest absolute Gasteiger partial charge is 0.119 e. The molecule has 0 aliphatic carbocycles. The minimum atomic E-state index is -0.174. The third-order valence-corrected chi connectivity index (χ3v) is 5.25. The Morgan fingerprint density at radius 3 is 3.04 bits per heavy atom. The highest BCUT2D eigenvalue weighted by Crippen LogP contribution is 2.40. The molecular weight excluding hydrogens is 318 g/mol. The predicted molar refractivity (Wildman–Crippen MR) is 93.5 cm³/mol. The van der Waals surface area contributed by atoms with Crippen LogP contribution in [-0.4, -0.2) is 53.1 Å². The molecule has 2 aliphatic rings. The van der Waals surface area contributed by atoms with Crippen LogP contribution in [0.15, 0.2) is 30.5 Å². The number of fused-ring (bicyclic) bond motifs is 2. The van der Waals surface area contributed by atoms with Gasteiger partial charge in [0.2, 0.25) is 0 Å². The quantitative estimate of drug-likeness (QED) is 0.867. The second-order valence-corrected chi connectivity index (χ2v) is 6.86. The average molecular weight is 343 g/mol. The number of hydrogen-bond donors (Lipinski definition) is 2. The van der Waals surface area contributed by atoms with Crippen LogP contribution >= 0.6 is 0 Å². The standard InChI is InChI=1S/C19H25N3O3/c23-9-11-24-17-3-1-2-15(12-17)14-22-7-5-19(6-8-22)18-16(4-10-25-19)13-20-21-18/h1-3,12-13,23H,4-11,14H2,(H,20,21). The van der Waals surface area contributed by atoms with Gasteiger partial charge in [-0.1, -0.05) is 12.1 Å². The van der Waals surface area contributed by atoms with E-state index in [4.69, 9.17) is 14.6 Å². The third kappa shape index (κ3) is 3.42. The molecule has 1 saturated heterocycles. The van der Waals surface area contributed by atoms with Crippen LogP contribution < -0.4 is 4.74 Å². The SMILES string of the molecule is OCCOc1cccc(CN2CCC3(CC2)OCCc2cn[nH]c23)c1. The Morgan fingerprint density at radius 2 is 2.20 bits per heavy atom. The number of ether oxygens (including phenoxy) is 2. The second-order valence-electron chi connectivity index (χ2n) is 6.86. The number of hydrogen-bond acceptors (Lipinski definition) is 5. The van der Waals surface area contributed by atoms with Gasteiger partial charge in [0.15, 0.2) is 0 Å². The summed E-state index contributed by atoms with van der Waals surface area (Å²) in [5.41, 5.74) is 3.57. The Kier molecular flexibility index (Phi) is 4.74. The zero-order chi connectivity index (χ0) is 17.1. The van der Waals surface area contributed by atoms with Gasteiger partial charge in [0.05, 0.1) is 25.1 Å². The van der Waals surface area contributed by atoms with Crippen LogP contribution in [0.5, 0.6) is 5.75 Å². The maximum absolute atomic E-state index is 8.88. The Morgan fingerprint density at radius 1 is 1.32 bits per heavy atom. The van der Waals surface area contributed by atoms with Crippen LogP contribution in [0.3, 0.4) is 0 Å². The van der Waals surface area contributed by atoms with Gasteiger partial charge in [0.1, 0.15) is 18.0 Å². The summed E-state index contributed by atoms with van der Waals surface area (Å²) in [4.78, 5) is 2.46. The first-order chi connectivity index (χ1) is 12.3. The first-order valence-electron chi connectivity index (χ1n) is 9.01. The number of piperidine rings is 1. The lowest BCUT2D eigenvalue weighted by Crippen LogP contribution is -2.46. The Bertz CT molecular complexity index is 707. The van der Waals surface area contributed by atoms with E-state index in [1.54, 1.807) is 0 Å². The largest absolute Gasteiger partial charge is 0.491 e. The Balaban J connectivity index is 1.39. The monoisotopic (exact) mass is 343 g/mol. The number of likely N-dealkylation sites (tertiary alicyclic amines) is 1. The summed E-state index contributed by atoms with van der Waals surface area (Å²) in [7, 11) is 0. The van der Waals surface area contributed by atoms with Crippen molar-refractivity contribution in [2.75, 3.05) is 32.9 Å². The highest BCUT2D eigenvalue weighted by atomic mass is 16.5. The molecule has 0 bridgehead atoms. The maximum Gasteiger partial charge on any atom is 0.119 e. The average Bonchev–Trinajstić information content (AvgIpc) is 3.13. The van der Waals surface area contributed by atoms with Gasteiger partial charge >= 0.3 is 0 Å². The molecule has 25 heavy (non-hydrogen) atoms. The van der Waals surface area contributed by atoms with Crippen LogP contribution in [0.4, 0.5) is 0 Å². The van der Waals surface area contributed by atoms with E-state index < -0.39 is 0 Å². The number of aliphatic hydroxyl groups is 1. The maximum atomic E-state index is 8.88. The number of aromatic nitrogens is 2. The summed E-state index contributed by atoms with van der Waals surface area (Å²) in [6.07, 6.45) is 4.88. The van der Waals surface area contributed by atoms with Crippen molar-refractivity contribution in [1.82, 2.24) is 15.1 Å². The summed E-state index contributed by atoms with van der Waals surface area (Å²) in [5.74, 6) is 0.817. The molecule has 134 valence electrons. The van der Waals surface area contributed by atoms with E-state index in [1.807, 2.05) is 18.3 Å². The van der Waals surface area contributed by atoms with Gasteiger partial charge in [0.25, 0.3) is 0 Å². The van der Waals surface area contributed by atoms with Gasteiger partial charge < -0.3 is 14.6 Å².